The van der Waals surface area contributed by atoms with Crippen molar-refractivity contribution < 1.29 is 5.21 Å². The van der Waals surface area contributed by atoms with Crippen LogP contribution in [-0.4, -0.2) is 48.7 Å². The molecule has 1 unspecified atom stereocenters. The first kappa shape index (κ1) is 14.0. The SMILES string of the molecule is CC1CN(C)CCN1c1cccc(Cl)c1/C(N)=N/O. The molecule has 1 aliphatic rings. The van der Waals surface area contributed by atoms with Crippen LogP contribution in [0, 0.1) is 0 Å². The predicted molar refractivity (Wildman–Crippen MR) is 78.3 cm³/mol. The van der Waals surface area contributed by atoms with E-state index in [2.05, 4.69) is 28.9 Å². The quantitative estimate of drug-likeness (QED) is 0.374. The number of benzene rings is 1. The summed E-state index contributed by atoms with van der Waals surface area (Å²) in [5.74, 6) is 0.0479. The van der Waals surface area contributed by atoms with E-state index in [0.717, 1.165) is 25.3 Å². The minimum absolute atomic E-state index is 0.0479. The molecule has 1 aromatic rings. The Morgan fingerprint density at radius 3 is 2.84 bits per heavy atom. The number of hydrogen-bond donors (Lipinski definition) is 2. The smallest absolute Gasteiger partial charge is 0.173 e. The fourth-order valence-electron chi connectivity index (χ4n) is 2.55. The highest BCUT2D eigenvalue weighted by atomic mass is 35.5. The van der Waals surface area contributed by atoms with E-state index >= 15 is 0 Å². The van der Waals surface area contributed by atoms with Crippen LogP contribution in [0.25, 0.3) is 0 Å². The van der Waals surface area contributed by atoms with Crippen LogP contribution < -0.4 is 10.6 Å². The number of rotatable bonds is 2. The molecule has 0 radical (unpaired) electrons. The number of halogens is 1. The summed E-state index contributed by atoms with van der Waals surface area (Å²) in [6.07, 6.45) is 0. The Balaban J connectivity index is 2.42. The molecule has 0 bridgehead atoms. The van der Waals surface area contributed by atoms with Crippen LogP contribution in [0.5, 0.6) is 0 Å². The maximum atomic E-state index is 8.92. The molecule has 5 nitrogen and oxygen atoms in total. The zero-order valence-electron chi connectivity index (χ0n) is 11.2. The Morgan fingerprint density at radius 1 is 1.47 bits per heavy atom. The third-order valence-corrected chi connectivity index (χ3v) is 3.81. The van der Waals surface area contributed by atoms with E-state index in [1.54, 1.807) is 6.07 Å². The van der Waals surface area contributed by atoms with E-state index < -0.39 is 0 Å². The van der Waals surface area contributed by atoms with Crippen molar-refractivity contribution in [1.82, 2.24) is 4.90 Å². The van der Waals surface area contributed by atoms with Gasteiger partial charge in [0.2, 0.25) is 0 Å². The van der Waals surface area contributed by atoms with Gasteiger partial charge in [0.15, 0.2) is 5.84 Å². The van der Waals surface area contributed by atoms with Crippen LogP contribution in [0.4, 0.5) is 5.69 Å². The van der Waals surface area contributed by atoms with Gasteiger partial charge in [-0.1, -0.05) is 22.8 Å². The van der Waals surface area contributed by atoms with E-state index in [1.807, 2.05) is 12.1 Å². The van der Waals surface area contributed by atoms with E-state index in [9.17, 15) is 0 Å². The van der Waals surface area contributed by atoms with Gasteiger partial charge >= 0.3 is 0 Å². The van der Waals surface area contributed by atoms with Crippen molar-refractivity contribution in [2.45, 2.75) is 13.0 Å². The molecule has 0 saturated carbocycles. The van der Waals surface area contributed by atoms with Crippen LogP contribution in [-0.2, 0) is 0 Å². The first-order chi connectivity index (χ1) is 9.04. The highest BCUT2D eigenvalue weighted by Gasteiger charge is 2.25. The number of likely N-dealkylation sites (N-methyl/N-ethyl adjacent to an activating group) is 1. The predicted octanol–water partition coefficient (Wildman–Crippen LogP) is 1.57. The summed E-state index contributed by atoms with van der Waals surface area (Å²) in [6, 6.07) is 5.94. The molecule has 0 aliphatic carbocycles. The van der Waals surface area contributed by atoms with Crippen LogP contribution >= 0.6 is 11.6 Å². The molecule has 104 valence electrons. The summed E-state index contributed by atoms with van der Waals surface area (Å²) in [5, 5.41) is 12.5. The van der Waals surface area contributed by atoms with Gasteiger partial charge < -0.3 is 20.7 Å². The van der Waals surface area contributed by atoms with Gasteiger partial charge in [0.05, 0.1) is 10.6 Å². The minimum Gasteiger partial charge on any atom is -0.409 e. The summed E-state index contributed by atoms with van der Waals surface area (Å²) in [4.78, 5) is 4.54. The maximum absolute atomic E-state index is 8.92. The van der Waals surface area contributed by atoms with E-state index in [4.69, 9.17) is 22.5 Å². The third kappa shape index (κ3) is 2.77. The molecular weight excluding hydrogens is 264 g/mol. The van der Waals surface area contributed by atoms with E-state index in [-0.39, 0.29) is 5.84 Å². The number of nitrogens with zero attached hydrogens (tertiary/aromatic N) is 3. The highest BCUT2D eigenvalue weighted by molar-refractivity contribution is 6.34. The summed E-state index contributed by atoms with van der Waals surface area (Å²) in [6.45, 7) is 5.00. The van der Waals surface area contributed by atoms with Crippen LogP contribution in [0.3, 0.4) is 0 Å². The number of nitrogens with two attached hydrogens (primary N) is 1. The average molecular weight is 283 g/mol. The molecule has 6 heteroatoms. The van der Waals surface area contributed by atoms with E-state index in [0.29, 0.717) is 16.6 Å². The first-order valence-corrected chi connectivity index (χ1v) is 6.64. The zero-order valence-corrected chi connectivity index (χ0v) is 11.9. The second kappa shape index (κ2) is 5.67. The van der Waals surface area contributed by atoms with Crippen molar-refractivity contribution in [2.75, 3.05) is 31.6 Å². The van der Waals surface area contributed by atoms with Gasteiger partial charge in [0.1, 0.15) is 0 Å². The number of hydrogen-bond acceptors (Lipinski definition) is 4. The first-order valence-electron chi connectivity index (χ1n) is 6.26. The molecule has 0 aromatic heterocycles. The largest absolute Gasteiger partial charge is 0.409 e. The summed E-state index contributed by atoms with van der Waals surface area (Å²) in [7, 11) is 2.11. The number of amidine groups is 1. The molecule has 19 heavy (non-hydrogen) atoms. The summed E-state index contributed by atoms with van der Waals surface area (Å²) in [5.41, 5.74) is 7.27. The minimum atomic E-state index is 0.0479. The number of oxime groups is 1. The van der Waals surface area contributed by atoms with Gasteiger partial charge in [-0.2, -0.15) is 0 Å². The highest BCUT2D eigenvalue weighted by Crippen LogP contribution is 2.29. The number of anilines is 1. The molecule has 1 fully saturated rings. The van der Waals surface area contributed by atoms with Crippen LogP contribution in [0.2, 0.25) is 5.02 Å². The lowest BCUT2D eigenvalue weighted by atomic mass is 10.1. The fourth-order valence-corrected chi connectivity index (χ4v) is 2.82. The normalized spacial score (nSPS) is 21.7. The molecule has 0 amide bonds. The van der Waals surface area contributed by atoms with Gasteiger partial charge in [-0.15, -0.1) is 0 Å². The fraction of sp³-hybridized carbons (Fsp3) is 0.462. The molecular formula is C13H19ClN4O. The lowest BCUT2D eigenvalue weighted by Crippen LogP contribution is -2.51. The third-order valence-electron chi connectivity index (χ3n) is 3.50. The molecule has 0 spiro atoms. The zero-order chi connectivity index (χ0) is 14.0. The van der Waals surface area contributed by atoms with Gasteiger partial charge in [-0.3, -0.25) is 0 Å². The second-order valence-electron chi connectivity index (χ2n) is 4.92. The Labute approximate surface area is 118 Å². The van der Waals surface area contributed by atoms with Crippen molar-refractivity contribution in [3.63, 3.8) is 0 Å². The Morgan fingerprint density at radius 2 is 2.21 bits per heavy atom. The van der Waals surface area contributed by atoms with Crippen LogP contribution in [0.15, 0.2) is 23.4 Å². The van der Waals surface area contributed by atoms with Gasteiger partial charge in [-0.05, 0) is 26.1 Å². The van der Waals surface area contributed by atoms with Gasteiger partial charge in [0.25, 0.3) is 0 Å². The second-order valence-corrected chi connectivity index (χ2v) is 5.33. The molecule has 2 rings (SSSR count). The molecule has 1 heterocycles. The molecule has 1 aliphatic heterocycles. The van der Waals surface area contributed by atoms with Gasteiger partial charge in [-0.25, -0.2) is 0 Å². The van der Waals surface area contributed by atoms with E-state index in [1.165, 1.54) is 0 Å². The average Bonchev–Trinajstić information content (AvgIpc) is 2.37. The van der Waals surface area contributed by atoms with Crippen molar-refractivity contribution in [3.05, 3.63) is 28.8 Å². The van der Waals surface area contributed by atoms with Crippen molar-refractivity contribution in [3.8, 4) is 0 Å². The van der Waals surface area contributed by atoms with Crippen molar-refractivity contribution in [2.24, 2.45) is 10.9 Å². The maximum Gasteiger partial charge on any atom is 0.173 e. The molecule has 1 atom stereocenters. The standard InChI is InChI=1S/C13H19ClN4O/c1-9-8-17(2)6-7-18(9)11-5-3-4-10(14)12(11)13(15)16-19/h3-5,9,19H,6-8H2,1-2H3,(H2,15,16). The monoisotopic (exact) mass is 282 g/mol. The lowest BCUT2D eigenvalue weighted by molar-refractivity contribution is 0.275. The molecule has 3 N–H and O–H groups in total. The topological polar surface area (TPSA) is 65.1 Å². The molecule has 1 saturated heterocycles. The molecule has 1 aromatic carbocycles. The Kier molecular flexibility index (Phi) is 4.17. The van der Waals surface area contributed by atoms with Crippen molar-refractivity contribution in [1.29, 1.82) is 0 Å². The number of piperazine rings is 1. The van der Waals surface area contributed by atoms with Crippen molar-refractivity contribution >= 4 is 23.1 Å². The lowest BCUT2D eigenvalue weighted by Gasteiger charge is -2.40. The Bertz CT molecular complexity index is 492. The summed E-state index contributed by atoms with van der Waals surface area (Å²) < 4.78 is 0. The Hall–Kier alpha value is -1.46. The van der Waals surface area contributed by atoms with Crippen LogP contribution in [0.1, 0.15) is 12.5 Å². The van der Waals surface area contributed by atoms with Gasteiger partial charge in [0, 0.05) is 31.4 Å². The summed E-state index contributed by atoms with van der Waals surface area (Å²) >= 11 is 6.19.